The van der Waals surface area contributed by atoms with Crippen LogP contribution in [-0.2, 0) is 16.4 Å². The third-order valence-corrected chi connectivity index (χ3v) is 4.85. The van der Waals surface area contributed by atoms with Gasteiger partial charge in [-0.05, 0) is 30.7 Å². The number of aromatic nitrogens is 2. The number of nitrogens with zero attached hydrogens (tertiary/aromatic N) is 2. The van der Waals surface area contributed by atoms with E-state index in [4.69, 9.17) is 0 Å². The number of benzene rings is 1. The highest BCUT2D eigenvalue weighted by molar-refractivity contribution is 7.89. The Labute approximate surface area is 129 Å². The fourth-order valence-electron chi connectivity index (χ4n) is 2.27. The van der Waals surface area contributed by atoms with Crippen molar-refractivity contribution in [2.45, 2.75) is 18.2 Å². The molecule has 0 bridgehead atoms. The predicted octanol–water partition coefficient (Wildman–Crippen LogP) is 2.16. The lowest BCUT2D eigenvalue weighted by atomic mass is 10.3. The van der Waals surface area contributed by atoms with E-state index in [-0.39, 0.29) is 4.90 Å². The summed E-state index contributed by atoms with van der Waals surface area (Å²) in [7, 11) is -3.45. The van der Waals surface area contributed by atoms with Gasteiger partial charge in [0.25, 0.3) is 0 Å². The van der Waals surface area contributed by atoms with Gasteiger partial charge in [-0.25, -0.2) is 18.1 Å². The Morgan fingerprint density at radius 1 is 1.09 bits per heavy atom. The highest BCUT2D eigenvalue weighted by atomic mass is 32.2. The van der Waals surface area contributed by atoms with Gasteiger partial charge in [0.1, 0.15) is 5.65 Å². The van der Waals surface area contributed by atoms with Crippen LogP contribution in [0.2, 0.25) is 0 Å². The molecule has 0 aliphatic rings. The first-order chi connectivity index (χ1) is 10.5. The Kier molecular flexibility index (Phi) is 3.96. The summed E-state index contributed by atoms with van der Waals surface area (Å²) in [4.78, 5) is 4.75. The zero-order valence-corrected chi connectivity index (χ0v) is 13.0. The van der Waals surface area contributed by atoms with Crippen molar-refractivity contribution in [3.05, 3.63) is 66.1 Å². The molecule has 3 rings (SSSR count). The van der Waals surface area contributed by atoms with Gasteiger partial charge in [-0.15, -0.1) is 0 Å². The van der Waals surface area contributed by atoms with Gasteiger partial charge in [-0.3, -0.25) is 0 Å². The van der Waals surface area contributed by atoms with Gasteiger partial charge in [0.2, 0.25) is 10.0 Å². The number of fused-ring (bicyclic) bond motifs is 1. The summed E-state index contributed by atoms with van der Waals surface area (Å²) in [5, 5.41) is 0. The molecule has 1 N–H and O–H groups in total. The van der Waals surface area contributed by atoms with E-state index in [1.807, 2.05) is 35.9 Å². The van der Waals surface area contributed by atoms with Crippen LogP contribution in [0.25, 0.3) is 5.65 Å². The molecule has 0 atom stereocenters. The summed E-state index contributed by atoms with van der Waals surface area (Å²) in [6.07, 6.45) is 4.48. The van der Waals surface area contributed by atoms with Crippen LogP contribution in [0.5, 0.6) is 0 Å². The van der Waals surface area contributed by atoms with Gasteiger partial charge < -0.3 is 4.40 Å². The molecule has 6 heteroatoms. The lowest BCUT2D eigenvalue weighted by Gasteiger charge is -2.05. The molecule has 0 radical (unpaired) electrons. The molecule has 0 spiro atoms. The Morgan fingerprint density at radius 3 is 2.64 bits per heavy atom. The minimum Gasteiger partial charge on any atom is -0.307 e. The van der Waals surface area contributed by atoms with Crippen LogP contribution >= 0.6 is 0 Å². The summed E-state index contributed by atoms with van der Waals surface area (Å²) in [5.41, 5.74) is 2.88. The number of hydrogen-bond donors (Lipinski definition) is 1. The van der Waals surface area contributed by atoms with E-state index >= 15 is 0 Å². The van der Waals surface area contributed by atoms with Gasteiger partial charge in [0, 0.05) is 25.4 Å². The van der Waals surface area contributed by atoms with Crippen molar-refractivity contribution in [1.29, 1.82) is 0 Å². The number of pyridine rings is 1. The predicted molar refractivity (Wildman–Crippen MR) is 85.3 cm³/mol. The first-order valence-electron chi connectivity index (χ1n) is 7.03. The molecule has 22 heavy (non-hydrogen) atoms. The first kappa shape index (κ1) is 14.7. The van der Waals surface area contributed by atoms with Crippen LogP contribution in [0.4, 0.5) is 0 Å². The maximum Gasteiger partial charge on any atom is 0.240 e. The van der Waals surface area contributed by atoms with Crippen molar-refractivity contribution in [2.75, 3.05) is 6.54 Å². The average Bonchev–Trinajstić information content (AvgIpc) is 2.89. The third kappa shape index (κ3) is 3.18. The molecule has 0 amide bonds. The summed E-state index contributed by atoms with van der Waals surface area (Å²) in [6, 6.07) is 12.3. The molecule has 0 unspecified atom stereocenters. The highest BCUT2D eigenvalue weighted by Crippen LogP contribution is 2.09. The van der Waals surface area contributed by atoms with Gasteiger partial charge >= 0.3 is 0 Å². The second kappa shape index (κ2) is 5.90. The average molecular weight is 315 g/mol. The molecule has 0 aliphatic heterocycles. The summed E-state index contributed by atoms with van der Waals surface area (Å²) < 4.78 is 28.8. The van der Waals surface area contributed by atoms with Crippen molar-refractivity contribution in [1.82, 2.24) is 14.1 Å². The van der Waals surface area contributed by atoms with Gasteiger partial charge in [0.05, 0.1) is 10.6 Å². The quantitative estimate of drug-likeness (QED) is 0.785. The van der Waals surface area contributed by atoms with Crippen molar-refractivity contribution in [3.63, 3.8) is 0 Å². The van der Waals surface area contributed by atoms with E-state index in [1.165, 1.54) is 0 Å². The summed E-state index contributed by atoms with van der Waals surface area (Å²) in [5.74, 6) is 0. The SMILES string of the molecule is Cc1ccc2nc(CCNS(=O)(=O)c3ccccc3)cn2c1. The van der Waals surface area contributed by atoms with E-state index < -0.39 is 10.0 Å². The van der Waals surface area contributed by atoms with Gasteiger partial charge in [-0.1, -0.05) is 24.3 Å². The monoisotopic (exact) mass is 315 g/mol. The molecule has 2 heterocycles. The lowest BCUT2D eigenvalue weighted by molar-refractivity contribution is 0.581. The first-order valence-corrected chi connectivity index (χ1v) is 8.52. The van der Waals surface area contributed by atoms with Crippen molar-refractivity contribution >= 4 is 15.7 Å². The van der Waals surface area contributed by atoms with Crippen LogP contribution in [0.1, 0.15) is 11.3 Å². The zero-order valence-electron chi connectivity index (χ0n) is 12.2. The van der Waals surface area contributed by atoms with E-state index in [2.05, 4.69) is 9.71 Å². The van der Waals surface area contributed by atoms with Gasteiger partial charge in [0.15, 0.2) is 0 Å². The second-order valence-electron chi connectivity index (χ2n) is 5.16. The molecule has 0 saturated heterocycles. The second-order valence-corrected chi connectivity index (χ2v) is 6.93. The normalized spacial score (nSPS) is 11.9. The van der Waals surface area contributed by atoms with Crippen molar-refractivity contribution in [2.24, 2.45) is 0 Å². The highest BCUT2D eigenvalue weighted by Gasteiger charge is 2.12. The summed E-state index contributed by atoms with van der Waals surface area (Å²) >= 11 is 0. The van der Waals surface area contributed by atoms with E-state index in [9.17, 15) is 8.42 Å². The van der Waals surface area contributed by atoms with Crippen LogP contribution in [-0.4, -0.2) is 24.3 Å². The van der Waals surface area contributed by atoms with E-state index in [0.29, 0.717) is 13.0 Å². The molecule has 114 valence electrons. The molecule has 3 aromatic rings. The number of imidazole rings is 1. The van der Waals surface area contributed by atoms with Crippen LogP contribution in [0.15, 0.2) is 59.8 Å². The molecule has 0 saturated carbocycles. The Bertz CT molecular complexity index is 886. The molecule has 5 nitrogen and oxygen atoms in total. The smallest absolute Gasteiger partial charge is 0.240 e. The Morgan fingerprint density at radius 2 is 1.86 bits per heavy atom. The molecule has 2 aromatic heterocycles. The minimum absolute atomic E-state index is 0.278. The van der Waals surface area contributed by atoms with Gasteiger partial charge in [-0.2, -0.15) is 0 Å². The topological polar surface area (TPSA) is 63.5 Å². The van der Waals surface area contributed by atoms with Crippen LogP contribution < -0.4 is 4.72 Å². The lowest BCUT2D eigenvalue weighted by Crippen LogP contribution is -2.26. The largest absolute Gasteiger partial charge is 0.307 e. The summed E-state index contributed by atoms with van der Waals surface area (Å²) in [6.45, 7) is 2.34. The van der Waals surface area contributed by atoms with E-state index in [0.717, 1.165) is 16.9 Å². The Hall–Kier alpha value is -2.18. The molecule has 0 fully saturated rings. The fraction of sp³-hybridized carbons (Fsp3) is 0.188. The minimum atomic E-state index is -3.45. The standard InChI is InChI=1S/C16H17N3O2S/c1-13-7-8-16-18-14(12-19(16)11-13)9-10-17-22(20,21)15-5-3-2-4-6-15/h2-8,11-12,17H,9-10H2,1H3. The number of aryl methyl sites for hydroxylation is 1. The molecule has 0 aliphatic carbocycles. The third-order valence-electron chi connectivity index (χ3n) is 3.38. The number of sulfonamides is 1. The Balaban J connectivity index is 1.67. The fourth-order valence-corrected chi connectivity index (χ4v) is 3.33. The molecular formula is C16H17N3O2S. The number of nitrogens with one attached hydrogen (secondary N) is 1. The van der Waals surface area contributed by atoms with Crippen LogP contribution in [0, 0.1) is 6.92 Å². The number of hydrogen-bond acceptors (Lipinski definition) is 3. The molecular weight excluding hydrogens is 298 g/mol. The number of rotatable bonds is 5. The van der Waals surface area contributed by atoms with E-state index in [1.54, 1.807) is 30.3 Å². The zero-order chi connectivity index (χ0) is 15.6. The van der Waals surface area contributed by atoms with Crippen molar-refractivity contribution < 1.29 is 8.42 Å². The van der Waals surface area contributed by atoms with Crippen molar-refractivity contribution in [3.8, 4) is 0 Å². The molecule has 1 aromatic carbocycles. The maximum absolute atomic E-state index is 12.1. The maximum atomic E-state index is 12.1. The van der Waals surface area contributed by atoms with Crippen LogP contribution in [0.3, 0.4) is 0 Å².